The molecule has 0 aromatic heterocycles. The summed E-state index contributed by atoms with van der Waals surface area (Å²) in [7, 11) is 3.86. The van der Waals surface area contributed by atoms with Crippen molar-refractivity contribution in [2.75, 3.05) is 46.8 Å². The van der Waals surface area contributed by atoms with E-state index in [1.165, 1.54) is 12.8 Å². The van der Waals surface area contributed by atoms with Gasteiger partial charge in [-0.05, 0) is 57.8 Å². The normalized spacial score (nSPS) is 23.7. The van der Waals surface area contributed by atoms with E-state index in [0.29, 0.717) is 6.54 Å². The first-order valence-corrected chi connectivity index (χ1v) is 10.2. The van der Waals surface area contributed by atoms with Crippen molar-refractivity contribution in [3.05, 3.63) is 0 Å². The summed E-state index contributed by atoms with van der Waals surface area (Å²) >= 11 is 0. The van der Waals surface area contributed by atoms with Crippen LogP contribution in [0.25, 0.3) is 0 Å². The van der Waals surface area contributed by atoms with E-state index in [-0.39, 0.29) is 23.3 Å². The number of nitrogens with zero attached hydrogens (tertiary/aromatic N) is 3. The van der Waals surface area contributed by atoms with Gasteiger partial charge in [0.15, 0.2) is 0 Å². The van der Waals surface area contributed by atoms with E-state index in [1.807, 2.05) is 34.9 Å². The summed E-state index contributed by atoms with van der Waals surface area (Å²) in [5, 5.41) is 3.08. The van der Waals surface area contributed by atoms with Gasteiger partial charge in [-0.15, -0.1) is 0 Å². The average Bonchev–Trinajstić information content (AvgIpc) is 3.09. The van der Waals surface area contributed by atoms with Crippen molar-refractivity contribution in [3.63, 3.8) is 0 Å². The van der Waals surface area contributed by atoms with E-state index in [0.717, 1.165) is 45.4 Å². The Balaban J connectivity index is 1.96. The largest absolute Gasteiger partial charge is 0.343 e. The Hall–Kier alpha value is -1.14. The summed E-state index contributed by atoms with van der Waals surface area (Å²) in [6, 6.07) is -0.606. The zero-order valence-electron chi connectivity index (χ0n) is 17.4. The quantitative estimate of drug-likeness (QED) is 0.775. The van der Waals surface area contributed by atoms with Crippen molar-refractivity contribution in [1.82, 2.24) is 20.0 Å². The van der Waals surface area contributed by atoms with Gasteiger partial charge in [-0.25, -0.2) is 0 Å². The van der Waals surface area contributed by atoms with Crippen molar-refractivity contribution in [2.24, 2.45) is 5.41 Å². The van der Waals surface area contributed by atoms with Gasteiger partial charge in [-0.2, -0.15) is 0 Å². The molecule has 26 heavy (non-hydrogen) atoms. The number of likely N-dealkylation sites (tertiary alicyclic amines) is 2. The summed E-state index contributed by atoms with van der Waals surface area (Å²) in [6.45, 7) is 10.9. The predicted molar refractivity (Wildman–Crippen MR) is 105 cm³/mol. The van der Waals surface area contributed by atoms with Crippen molar-refractivity contribution >= 4 is 11.8 Å². The Labute approximate surface area is 159 Å². The number of carbonyl (C=O) groups excluding carboxylic acids is 2. The van der Waals surface area contributed by atoms with Crippen LogP contribution in [0.1, 0.15) is 52.9 Å². The molecule has 0 aromatic rings. The Kier molecular flexibility index (Phi) is 7.47. The van der Waals surface area contributed by atoms with Crippen LogP contribution in [0.15, 0.2) is 0 Å². The topological polar surface area (TPSA) is 55.9 Å². The van der Waals surface area contributed by atoms with Crippen LogP contribution < -0.4 is 5.32 Å². The van der Waals surface area contributed by atoms with Gasteiger partial charge in [0.1, 0.15) is 6.04 Å². The van der Waals surface area contributed by atoms with E-state index in [1.54, 1.807) is 4.90 Å². The fourth-order valence-electron chi connectivity index (χ4n) is 3.92. The molecule has 0 bridgehead atoms. The van der Waals surface area contributed by atoms with E-state index >= 15 is 0 Å². The summed E-state index contributed by atoms with van der Waals surface area (Å²) in [6.07, 6.45) is 5.60. The first-order chi connectivity index (χ1) is 12.2. The molecule has 0 aromatic carbocycles. The van der Waals surface area contributed by atoms with Crippen molar-refractivity contribution in [3.8, 4) is 0 Å². The zero-order chi connectivity index (χ0) is 19.3. The fraction of sp³-hybridized carbons (Fsp3) is 0.900. The van der Waals surface area contributed by atoms with Gasteiger partial charge in [0.05, 0.1) is 6.04 Å². The second-order valence-corrected chi connectivity index (χ2v) is 9.11. The van der Waals surface area contributed by atoms with E-state index in [9.17, 15) is 9.59 Å². The van der Waals surface area contributed by atoms with Crippen LogP contribution in [0.5, 0.6) is 0 Å². The number of rotatable bonds is 6. The maximum atomic E-state index is 13.1. The summed E-state index contributed by atoms with van der Waals surface area (Å²) in [5.74, 6) is 0.0110. The Morgan fingerprint density at radius 2 is 1.73 bits per heavy atom. The third-order valence-corrected chi connectivity index (χ3v) is 5.80. The minimum absolute atomic E-state index is 0.00609. The first-order valence-electron chi connectivity index (χ1n) is 10.2. The molecule has 2 amide bonds. The van der Waals surface area contributed by atoms with Crippen molar-refractivity contribution in [2.45, 2.75) is 65.0 Å². The lowest BCUT2D eigenvalue weighted by atomic mass is 9.85. The lowest BCUT2D eigenvalue weighted by Crippen LogP contribution is -2.58. The number of piperidine rings is 1. The molecule has 2 unspecified atom stereocenters. The minimum atomic E-state index is -0.492. The highest BCUT2D eigenvalue weighted by molar-refractivity contribution is 5.90. The smallest absolute Gasteiger partial charge is 0.245 e. The summed E-state index contributed by atoms with van der Waals surface area (Å²) < 4.78 is 0. The minimum Gasteiger partial charge on any atom is -0.343 e. The molecule has 2 heterocycles. The third kappa shape index (κ3) is 5.68. The SMILES string of the molecule is CN(CCN1CCCC1)C(=O)C(NC(=O)C1CCCCN1C)C(C)(C)C. The van der Waals surface area contributed by atoms with E-state index < -0.39 is 6.04 Å². The fourth-order valence-corrected chi connectivity index (χ4v) is 3.92. The molecule has 2 aliphatic rings. The Morgan fingerprint density at radius 3 is 2.31 bits per heavy atom. The lowest BCUT2D eigenvalue weighted by Gasteiger charge is -2.37. The number of amides is 2. The molecule has 2 fully saturated rings. The highest BCUT2D eigenvalue weighted by atomic mass is 16.2. The van der Waals surface area contributed by atoms with Gasteiger partial charge in [-0.3, -0.25) is 14.5 Å². The molecule has 2 rings (SSSR count). The molecule has 6 nitrogen and oxygen atoms in total. The van der Waals surface area contributed by atoms with E-state index in [2.05, 4.69) is 15.1 Å². The summed E-state index contributed by atoms with van der Waals surface area (Å²) in [5.41, 5.74) is -0.318. The maximum absolute atomic E-state index is 13.1. The van der Waals surface area contributed by atoms with E-state index in [4.69, 9.17) is 0 Å². The standard InChI is InChI=1S/C20H38N4O2/c1-20(2,3)17(21-18(25)16-10-6-7-11-22(16)4)19(26)23(5)14-15-24-12-8-9-13-24/h16-17H,6-15H2,1-5H3,(H,21,25). The van der Waals surface area contributed by atoms with Crippen LogP contribution in [-0.2, 0) is 9.59 Å². The van der Waals surface area contributed by atoms with Crippen LogP contribution in [0.2, 0.25) is 0 Å². The van der Waals surface area contributed by atoms with Gasteiger partial charge in [-0.1, -0.05) is 27.2 Å². The van der Waals surface area contributed by atoms with Crippen LogP contribution in [0, 0.1) is 5.41 Å². The van der Waals surface area contributed by atoms with Gasteiger partial charge >= 0.3 is 0 Å². The molecule has 2 atom stereocenters. The molecule has 0 aliphatic carbocycles. The number of hydrogen-bond donors (Lipinski definition) is 1. The van der Waals surface area contributed by atoms with Gasteiger partial charge in [0, 0.05) is 20.1 Å². The maximum Gasteiger partial charge on any atom is 0.245 e. The first kappa shape index (κ1) is 21.2. The molecular formula is C20H38N4O2. The molecule has 6 heteroatoms. The van der Waals surface area contributed by atoms with Gasteiger partial charge < -0.3 is 15.1 Å². The molecule has 2 saturated heterocycles. The average molecular weight is 367 g/mol. The number of nitrogens with one attached hydrogen (secondary N) is 1. The zero-order valence-corrected chi connectivity index (χ0v) is 17.4. The monoisotopic (exact) mass is 366 g/mol. The van der Waals surface area contributed by atoms with Crippen molar-refractivity contribution in [1.29, 1.82) is 0 Å². The molecule has 1 N–H and O–H groups in total. The van der Waals surface area contributed by atoms with Crippen LogP contribution in [-0.4, -0.2) is 85.4 Å². The second-order valence-electron chi connectivity index (χ2n) is 9.11. The van der Waals surface area contributed by atoms with Crippen LogP contribution in [0.4, 0.5) is 0 Å². The molecular weight excluding hydrogens is 328 g/mol. The molecule has 150 valence electrons. The number of likely N-dealkylation sites (N-methyl/N-ethyl adjacent to an activating group) is 2. The highest BCUT2D eigenvalue weighted by Gasteiger charge is 2.37. The molecule has 0 radical (unpaired) electrons. The van der Waals surface area contributed by atoms with Gasteiger partial charge in [0.2, 0.25) is 11.8 Å². The molecule has 2 aliphatic heterocycles. The lowest BCUT2D eigenvalue weighted by molar-refractivity contribution is -0.140. The molecule has 0 saturated carbocycles. The highest BCUT2D eigenvalue weighted by Crippen LogP contribution is 2.23. The van der Waals surface area contributed by atoms with Crippen LogP contribution in [0.3, 0.4) is 0 Å². The Bertz CT molecular complexity index is 483. The molecule has 0 spiro atoms. The third-order valence-electron chi connectivity index (χ3n) is 5.80. The number of carbonyl (C=O) groups is 2. The second kappa shape index (κ2) is 9.18. The van der Waals surface area contributed by atoms with Gasteiger partial charge in [0.25, 0.3) is 0 Å². The number of hydrogen-bond acceptors (Lipinski definition) is 4. The Morgan fingerprint density at radius 1 is 1.12 bits per heavy atom. The predicted octanol–water partition coefficient (Wildman–Crippen LogP) is 1.56. The van der Waals surface area contributed by atoms with Crippen molar-refractivity contribution < 1.29 is 9.59 Å². The van der Waals surface area contributed by atoms with Crippen LogP contribution >= 0.6 is 0 Å². The summed E-state index contributed by atoms with van der Waals surface area (Å²) in [4.78, 5) is 32.2.